The number of anilines is 1. The molecule has 0 saturated heterocycles. The predicted molar refractivity (Wildman–Crippen MR) is 120 cm³/mol. The molecule has 0 aliphatic carbocycles. The maximum absolute atomic E-state index is 13.2. The zero-order valence-electron chi connectivity index (χ0n) is 16.2. The third-order valence-electron chi connectivity index (χ3n) is 4.25. The lowest BCUT2D eigenvalue weighted by atomic mass is 10.2. The lowest BCUT2D eigenvalue weighted by Gasteiger charge is -2.22. The summed E-state index contributed by atoms with van der Waals surface area (Å²) in [6.45, 7) is 3.30. The molecule has 0 bridgehead atoms. The third kappa shape index (κ3) is 4.75. The van der Waals surface area contributed by atoms with E-state index in [2.05, 4.69) is 0 Å². The van der Waals surface area contributed by atoms with Crippen LogP contribution >= 0.6 is 35.3 Å². The molecule has 0 atom stereocenters. The van der Waals surface area contributed by atoms with Gasteiger partial charge in [-0.3, -0.25) is 9.69 Å². The molecule has 0 fully saturated rings. The SMILES string of the molecule is COc1ccc(C)c2sc(N(CCN(C)C)C(=O)c3ccc(Cl)cc3)nc12.Cl. The van der Waals surface area contributed by atoms with Crippen molar-refractivity contribution in [2.75, 3.05) is 39.2 Å². The van der Waals surface area contributed by atoms with Gasteiger partial charge in [0.15, 0.2) is 5.13 Å². The lowest BCUT2D eigenvalue weighted by Crippen LogP contribution is -2.36. The summed E-state index contributed by atoms with van der Waals surface area (Å²) < 4.78 is 6.48. The fourth-order valence-corrected chi connectivity index (χ4v) is 3.91. The Bertz CT molecular complexity index is 958. The minimum atomic E-state index is -0.0933. The highest BCUT2D eigenvalue weighted by molar-refractivity contribution is 7.22. The van der Waals surface area contributed by atoms with E-state index in [1.54, 1.807) is 36.3 Å². The van der Waals surface area contributed by atoms with E-state index in [4.69, 9.17) is 21.3 Å². The molecule has 0 N–H and O–H groups in total. The minimum Gasteiger partial charge on any atom is -0.494 e. The Morgan fingerprint density at radius 3 is 2.43 bits per heavy atom. The van der Waals surface area contributed by atoms with Gasteiger partial charge >= 0.3 is 0 Å². The minimum absolute atomic E-state index is 0. The van der Waals surface area contributed by atoms with Crippen molar-refractivity contribution >= 4 is 56.6 Å². The van der Waals surface area contributed by atoms with Gasteiger partial charge in [-0.2, -0.15) is 0 Å². The van der Waals surface area contributed by atoms with Crippen LogP contribution in [-0.2, 0) is 0 Å². The second-order valence-corrected chi connectivity index (χ2v) is 7.94. The first kappa shape index (κ1) is 22.4. The van der Waals surface area contributed by atoms with Crippen LogP contribution in [0.5, 0.6) is 5.75 Å². The average Bonchev–Trinajstić information content (AvgIpc) is 3.08. The highest BCUT2D eigenvalue weighted by Gasteiger charge is 2.23. The number of fused-ring (bicyclic) bond motifs is 1. The standard InChI is InChI=1S/C20H22ClN3O2S.ClH/c1-13-5-10-16(26-4)17-18(13)27-20(22-17)24(12-11-23(2)3)19(25)14-6-8-15(21)9-7-14;/h5-10H,11-12H2,1-4H3;1H. The molecule has 1 aromatic heterocycles. The van der Waals surface area contributed by atoms with Crippen molar-refractivity contribution in [3.8, 4) is 5.75 Å². The van der Waals surface area contributed by atoms with Gasteiger partial charge < -0.3 is 9.64 Å². The molecular formula is C20H23Cl2N3O2S. The summed E-state index contributed by atoms with van der Waals surface area (Å²) in [5.74, 6) is 0.619. The van der Waals surface area contributed by atoms with E-state index in [9.17, 15) is 4.79 Å². The van der Waals surface area contributed by atoms with Crippen LogP contribution in [0.25, 0.3) is 10.2 Å². The maximum Gasteiger partial charge on any atom is 0.260 e. The van der Waals surface area contributed by atoms with Crippen molar-refractivity contribution in [2.24, 2.45) is 0 Å². The number of carbonyl (C=O) groups excluding carboxylic acids is 1. The monoisotopic (exact) mass is 439 g/mol. The highest BCUT2D eigenvalue weighted by Crippen LogP contribution is 2.36. The van der Waals surface area contributed by atoms with Gasteiger partial charge in [0.25, 0.3) is 5.91 Å². The first-order valence-electron chi connectivity index (χ1n) is 8.57. The molecule has 3 aromatic rings. The number of hydrogen-bond acceptors (Lipinski definition) is 5. The third-order valence-corrected chi connectivity index (χ3v) is 5.72. The van der Waals surface area contributed by atoms with E-state index >= 15 is 0 Å². The van der Waals surface area contributed by atoms with Crippen LogP contribution < -0.4 is 9.64 Å². The lowest BCUT2D eigenvalue weighted by molar-refractivity contribution is 0.0985. The number of aromatic nitrogens is 1. The Hall–Kier alpha value is -1.86. The summed E-state index contributed by atoms with van der Waals surface area (Å²) in [5.41, 5.74) is 2.48. The van der Waals surface area contributed by atoms with Gasteiger partial charge in [-0.05, 0) is 56.9 Å². The van der Waals surface area contributed by atoms with E-state index in [0.29, 0.717) is 28.0 Å². The molecular weight excluding hydrogens is 417 g/mol. The van der Waals surface area contributed by atoms with Gasteiger partial charge in [0, 0.05) is 23.7 Å². The van der Waals surface area contributed by atoms with E-state index in [-0.39, 0.29) is 18.3 Å². The number of amides is 1. The van der Waals surface area contributed by atoms with E-state index < -0.39 is 0 Å². The summed E-state index contributed by atoms with van der Waals surface area (Å²) in [6, 6.07) is 10.9. The zero-order valence-corrected chi connectivity index (χ0v) is 18.6. The molecule has 0 unspecified atom stereocenters. The number of methoxy groups -OCH3 is 1. The Kier molecular flexibility index (Phi) is 7.66. The number of nitrogens with zero attached hydrogens (tertiary/aromatic N) is 3. The molecule has 150 valence electrons. The van der Waals surface area contributed by atoms with Crippen molar-refractivity contribution in [2.45, 2.75) is 6.92 Å². The van der Waals surface area contributed by atoms with Crippen LogP contribution in [-0.4, -0.2) is 50.1 Å². The number of likely N-dealkylation sites (N-methyl/N-ethyl adjacent to an activating group) is 1. The quantitative estimate of drug-likeness (QED) is 0.547. The molecule has 5 nitrogen and oxygen atoms in total. The number of rotatable bonds is 6. The van der Waals surface area contributed by atoms with Gasteiger partial charge in [0.2, 0.25) is 0 Å². The van der Waals surface area contributed by atoms with E-state index in [0.717, 1.165) is 22.3 Å². The van der Waals surface area contributed by atoms with Crippen LogP contribution in [0.1, 0.15) is 15.9 Å². The Morgan fingerprint density at radius 2 is 1.82 bits per heavy atom. The maximum atomic E-state index is 13.2. The molecule has 0 aliphatic heterocycles. The number of hydrogen-bond donors (Lipinski definition) is 0. The Balaban J connectivity index is 0.00000280. The number of halogens is 2. The smallest absolute Gasteiger partial charge is 0.260 e. The molecule has 0 radical (unpaired) electrons. The predicted octanol–water partition coefficient (Wildman–Crippen LogP) is 4.90. The summed E-state index contributed by atoms with van der Waals surface area (Å²) in [5, 5.41) is 1.27. The van der Waals surface area contributed by atoms with Gasteiger partial charge in [-0.15, -0.1) is 12.4 Å². The fourth-order valence-electron chi connectivity index (χ4n) is 2.71. The molecule has 8 heteroatoms. The van der Waals surface area contributed by atoms with Gasteiger partial charge in [-0.25, -0.2) is 4.98 Å². The molecule has 2 aromatic carbocycles. The molecule has 0 saturated carbocycles. The number of carbonyl (C=O) groups is 1. The van der Waals surface area contributed by atoms with Gasteiger partial charge in [0.1, 0.15) is 11.3 Å². The van der Waals surface area contributed by atoms with E-state index in [1.807, 2.05) is 38.1 Å². The zero-order chi connectivity index (χ0) is 19.6. The average molecular weight is 440 g/mol. The number of thiazole rings is 1. The van der Waals surface area contributed by atoms with Crippen LogP contribution in [0.3, 0.4) is 0 Å². The van der Waals surface area contributed by atoms with Gasteiger partial charge in [0.05, 0.1) is 11.8 Å². The van der Waals surface area contributed by atoms with Crippen molar-refractivity contribution in [3.63, 3.8) is 0 Å². The van der Waals surface area contributed by atoms with Crippen LogP contribution in [0.2, 0.25) is 5.02 Å². The van der Waals surface area contributed by atoms with Crippen LogP contribution in [0.15, 0.2) is 36.4 Å². The van der Waals surface area contributed by atoms with Crippen molar-refractivity contribution in [1.82, 2.24) is 9.88 Å². The van der Waals surface area contributed by atoms with Crippen LogP contribution in [0.4, 0.5) is 5.13 Å². The summed E-state index contributed by atoms with van der Waals surface area (Å²) in [7, 11) is 5.60. The first-order valence-corrected chi connectivity index (χ1v) is 9.76. The van der Waals surface area contributed by atoms with Gasteiger partial charge in [-0.1, -0.05) is 29.0 Å². The molecule has 28 heavy (non-hydrogen) atoms. The number of ether oxygens (including phenoxy) is 1. The second-order valence-electron chi connectivity index (χ2n) is 6.53. The van der Waals surface area contributed by atoms with Crippen molar-refractivity contribution in [1.29, 1.82) is 0 Å². The van der Waals surface area contributed by atoms with Crippen molar-refractivity contribution in [3.05, 3.63) is 52.5 Å². The molecule has 0 spiro atoms. The highest BCUT2D eigenvalue weighted by atomic mass is 35.5. The summed E-state index contributed by atoms with van der Waals surface area (Å²) in [6.07, 6.45) is 0. The number of aryl methyl sites for hydroxylation is 1. The van der Waals surface area contributed by atoms with Crippen molar-refractivity contribution < 1.29 is 9.53 Å². The molecule has 1 amide bonds. The number of benzene rings is 2. The summed E-state index contributed by atoms with van der Waals surface area (Å²) >= 11 is 7.47. The normalized spacial score (nSPS) is 10.8. The second kappa shape index (κ2) is 9.56. The first-order chi connectivity index (χ1) is 12.9. The summed E-state index contributed by atoms with van der Waals surface area (Å²) in [4.78, 5) is 21.7. The molecule has 1 heterocycles. The van der Waals surface area contributed by atoms with Crippen LogP contribution in [0, 0.1) is 6.92 Å². The topological polar surface area (TPSA) is 45.7 Å². The Labute approximate surface area is 180 Å². The largest absolute Gasteiger partial charge is 0.494 e. The molecule has 3 rings (SSSR count). The molecule has 0 aliphatic rings. The fraction of sp³-hybridized carbons (Fsp3) is 0.300. The Morgan fingerprint density at radius 1 is 1.14 bits per heavy atom. The van der Waals surface area contributed by atoms with E-state index in [1.165, 1.54) is 11.3 Å².